The van der Waals surface area contributed by atoms with E-state index in [1.165, 1.54) is 11.3 Å². The Morgan fingerprint density at radius 3 is 2.80 bits per heavy atom. The first-order valence-corrected chi connectivity index (χ1v) is 6.74. The van der Waals surface area contributed by atoms with Crippen LogP contribution in [0.2, 0.25) is 0 Å². The van der Waals surface area contributed by atoms with E-state index in [2.05, 4.69) is 4.98 Å². The number of carbonyl (C=O) groups excluding carboxylic acids is 2. The minimum absolute atomic E-state index is 0.140. The Hall–Kier alpha value is -1.64. The van der Waals surface area contributed by atoms with Gasteiger partial charge in [-0.05, 0) is 0 Å². The van der Waals surface area contributed by atoms with Crippen molar-refractivity contribution in [2.45, 2.75) is 19.0 Å². The van der Waals surface area contributed by atoms with E-state index in [1.807, 2.05) is 0 Å². The van der Waals surface area contributed by atoms with Gasteiger partial charge in [0, 0.05) is 24.4 Å². The number of aryl methyl sites for hydroxylation is 1. The van der Waals surface area contributed by atoms with Gasteiger partial charge in [0.15, 0.2) is 0 Å². The molecule has 20 heavy (non-hydrogen) atoms. The van der Waals surface area contributed by atoms with Gasteiger partial charge >= 0.3 is 6.18 Å². The molecule has 0 unspecified atom stereocenters. The number of halogens is 3. The Morgan fingerprint density at radius 1 is 1.45 bits per heavy atom. The van der Waals surface area contributed by atoms with E-state index >= 15 is 0 Å². The zero-order valence-corrected chi connectivity index (χ0v) is 11.2. The summed E-state index contributed by atoms with van der Waals surface area (Å²) >= 11 is 1.41. The van der Waals surface area contributed by atoms with Crippen molar-refractivity contribution < 1.29 is 22.8 Å². The average Bonchev–Trinajstić information content (AvgIpc) is 2.95. The zero-order valence-electron chi connectivity index (χ0n) is 10.4. The molecule has 1 aliphatic heterocycles. The predicted molar refractivity (Wildman–Crippen MR) is 64.8 cm³/mol. The van der Waals surface area contributed by atoms with E-state index in [4.69, 9.17) is 0 Å². The monoisotopic (exact) mass is 307 g/mol. The third kappa shape index (κ3) is 3.92. The molecule has 1 saturated heterocycles. The Balaban J connectivity index is 1.84. The van der Waals surface area contributed by atoms with Gasteiger partial charge in [0.1, 0.15) is 13.1 Å². The van der Waals surface area contributed by atoms with Crippen molar-refractivity contribution in [2.75, 3.05) is 19.8 Å². The van der Waals surface area contributed by atoms with Crippen LogP contribution in [0.15, 0.2) is 11.6 Å². The van der Waals surface area contributed by atoms with Gasteiger partial charge in [-0.3, -0.25) is 9.59 Å². The number of thiazole rings is 1. The van der Waals surface area contributed by atoms with Crippen molar-refractivity contribution in [2.24, 2.45) is 0 Å². The highest BCUT2D eigenvalue weighted by molar-refractivity contribution is 7.09. The van der Waals surface area contributed by atoms with Gasteiger partial charge in [0.2, 0.25) is 11.8 Å². The number of alkyl halides is 3. The maximum atomic E-state index is 12.2. The van der Waals surface area contributed by atoms with E-state index in [-0.39, 0.29) is 25.5 Å². The van der Waals surface area contributed by atoms with Crippen LogP contribution in [0.5, 0.6) is 0 Å². The number of nitrogens with zero attached hydrogens (tertiary/aromatic N) is 3. The molecule has 0 spiro atoms. The van der Waals surface area contributed by atoms with Crippen LogP contribution in [0.25, 0.3) is 0 Å². The summed E-state index contributed by atoms with van der Waals surface area (Å²) in [6, 6.07) is 0. The maximum absolute atomic E-state index is 12.2. The van der Waals surface area contributed by atoms with Gasteiger partial charge in [0.05, 0.1) is 11.7 Å². The number of rotatable bonds is 4. The predicted octanol–water partition coefficient (Wildman–Crippen LogP) is 1.27. The first-order chi connectivity index (χ1) is 9.35. The summed E-state index contributed by atoms with van der Waals surface area (Å²) in [5.41, 5.74) is 0. The van der Waals surface area contributed by atoms with Gasteiger partial charge in [-0.2, -0.15) is 13.2 Å². The highest BCUT2D eigenvalue weighted by atomic mass is 32.1. The first kappa shape index (κ1) is 14.8. The molecule has 0 bridgehead atoms. The van der Waals surface area contributed by atoms with Crippen molar-refractivity contribution in [1.82, 2.24) is 14.8 Å². The van der Waals surface area contributed by atoms with Crippen LogP contribution in [-0.4, -0.2) is 52.5 Å². The van der Waals surface area contributed by atoms with Gasteiger partial charge in [0.25, 0.3) is 0 Å². The second-order valence-corrected chi connectivity index (χ2v) is 5.34. The number of hydrogen-bond donors (Lipinski definition) is 0. The summed E-state index contributed by atoms with van der Waals surface area (Å²) in [4.78, 5) is 29.1. The number of carbonyl (C=O) groups is 2. The lowest BCUT2D eigenvalue weighted by atomic mass is 10.3. The third-order valence-corrected chi connectivity index (χ3v) is 3.62. The second-order valence-electron chi connectivity index (χ2n) is 4.37. The molecule has 1 aromatic rings. The van der Waals surface area contributed by atoms with Gasteiger partial charge < -0.3 is 9.80 Å². The highest BCUT2D eigenvalue weighted by Crippen LogP contribution is 2.20. The normalized spacial score (nSPS) is 16.1. The van der Waals surface area contributed by atoms with E-state index in [0.29, 0.717) is 11.3 Å². The van der Waals surface area contributed by atoms with Crippen molar-refractivity contribution in [3.8, 4) is 0 Å². The molecule has 0 aliphatic carbocycles. The van der Waals surface area contributed by atoms with Crippen molar-refractivity contribution in [3.63, 3.8) is 0 Å². The molecule has 2 heterocycles. The Morgan fingerprint density at radius 2 is 2.20 bits per heavy atom. The van der Waals surface area contributed by atoms with Crippen LogP contribution in [0, 0.1) is 0 Å². The average molecular weight is 307 g/mol. The van der Waals surface area contributed by atoms with Crippen molar-refractivity contribution in [1.29, 1.82) is 0 Å². The lowest BCUT2D eigenvalue weighted by molar-refractivity contribution is -0.157. The Labute approximate surface area is 117 Å². The molecule has 0 aromatic carbocycles. The fourth-order valence-electron chi connectivity index (χ4n) is 1.87. The SMILES string of the molecule is O=C(CCc1nccs1)N1CC(=O)N(CC(F)(F)F)C1. The fourth-order valence-corrected chi connectivity index (χ4v) is 2.49. The lowest BCUT2D eigenvalue weighted by Gasteiger charge is -2.19. The molecule has 0 saturated carbocycles. The molecule has 2 amide bonds. The van der Waals surface area contributed by atoms with Crippen LogP contribution in [0.4, 0.5) is 13.2 Å². The highest BCUT2D eigenvalue weighted by Gasteiger charge is 2.38. The van der Waals surface area contributed by atoms with Crippen LogP contribution in [0.3, 0.4) is 0 Å². The van der Waals surface area contributed by atoms with Gasteiger partial charge in [-0.1, -0.05) is 0 Å². The molecule has 1 aliphatic rings. The molecule has 110 valence electrons. The van der Waals surface area contributed by atoms with Gasteiger partial charge in [-0.25, -0.2) is 4.98 Å². The molecule has 2 rings (SSSR count). The summed E-state index contributed by atoms with van der Waals surface area (Å²) in [6.45, 7) is -1.90. The largest absolute Gasteiger partial charge is 0.406 e. The van der Waals surface area contributed by atoms with Crippen LogP contribution in [0.1, 0.15) is 11.4 Å². The van der Waals surface area contributed by atoms with Crippen LogP contribution in [-0.2, 0) is 16.0 Å². The first-order valence-electron chi connectivity index (χ1n) is 5.86. The van der Waals surface area contributed by atoms with E-state index < -0.39 is 18.6 Å². The summed E-state index contributed by atoms with van der Waals surface area (Å²) in [6.07, 6.45) is -2.26. The number of aromatic nitrogens is 1. The molecule has 0 radical (unpaired) electrons. The molecule has 0 N–H and O–H groups in total. The van der Waals surface area contributed by atoms with Crippen LogP contribution < -0.4 is 0 Å². The van der Waals surface area contributed by atoms with Crippen molar-refractivity contribution >= 4 is 23.2 Å². The second kappa shape index (κ2) is 5.78. The zero-order chi connectivity index (χ0) is 14.8. The van der Waals surface area contributed by atoms with E-state index in [0.717, 1.165) is 9.91 Å². The number of amides is 2. The molecule has 5 nitrogen and oxygen atoms in total. The van der Waals surface area contributed by atoms with E-state index in [1.54, 1.807) is 11.6 Å². The fraction of sp³-hybridized carbons (Fsp3) is 0.545. The van der Waals surface area contributed by atoms with Crippen molar-refractivity contribution in [3.05, 3.63) is 16.6 Å². The van der Waals surface area contributed by atoms with Crippen LogP contribution >= 0.6 is 11.3 Å². The molecule has 1 aromatic heterocycles. The molecule has 1 fully saturated rings. The maximum Gasteiger partial charge on any atom is 0.406 e. The summed E-state index contributed by atoms with van der Waals surface area (Å²) in [5, 5.41) is 2.57. The topological polar surface area (TPSA) is 53.5 Å². The van der Waals surface area contributed by atoms with E-state index in [9.17, 15) is 22.8 Å². The quantitative estimate of drug-likeness (QED) is 0.841. The lowest BCUT2D eigenvalue weighted by Crippen LogP contribution is -2.37. The molecular formula is C11H12F3N3O2S. The smallest absolute Gasteiger partial charge is 0.316 e. The molecule has 0 atom stereocenters. The minimum Gasteiger partial charge on any atom is -0.316 e. The number of hydrogen-bond acceptors (Lipinski definition) is 4. The Kier molecular flexibility index (Phi) is 4.26. The minimum atomic E-state index is -4.45. The molecule has 9 heteroatoms. The summed E-state index contributed by atoms with van der Waals surface area (Å²) in [5.74, 6) is -1.01. The van der Waals surface area contributed by atoms with Gasteiger partial charge in [-0.15, -0.1) is 11.3 Å². The Bertz CT molecular complexity index is 490. The standard InChI is InChI=1S/C11H12F3N3O2S/c12-11(13,14)6-17-7-16(5-10(17)19)9(18)2-1-8-15-3-4-20-8/h3-4H,1-2,5-7H2. The summed E-state index contributed by atoms with van der Waals surface area (Å²) in [7, 11) is 0. The molecular weight excluding hydrogens is 295 g/mol. The third-order valence-electron chi connectivity index (χ3n) is 2.78. The summed E-state index contributed by atoms with van der Waals surface area (Å²) < 4.78 is 36.7.